The second-order valence-corrected chi connectivity index (χ2v) is 10.9. The van der Waals surface area contributed by atoms with Gasteiger partial charge in [-0.2, -0.15) is 0 Å². The minimum atomic E-state index is -1.71. The summed E-state index contributed by atoms with van der Waals surface area (Å²) in [5.41, 5.74) is 0.377. The lowest BCUT2D eigenvalue weighted by atomic mass is 9.98. The molecule has 2 atom stereocenters. The van der Waals surface area contributed by atoms with Crippen molar-refractivity contribution in [2.75, 3.05) is 7.11 Å². The highest BCUT2D eigenvalue weighted by atomic mass is 28.3. The number of hydrogen-bond donors (Lipinski definition) is 0. The Morgan fingerprint density at radius 3 is 2.05 bits per heavy atom. The van der Waals surface area contributed by atoms with Crippen molar-refractivity contribution in [1.82, 2.24) is 0 Å². The Kier molecular flexibility index (Phi) is 5.35. The third-order valence-corrected chi connectivity index (χ3v) is 8.84. The number of hydrogen-bond acceptors (Lipinski definition) is 2. The molecule has 0 fully saturated rings. The van der Waals surface area contributed by atoms with Crippen molar-refractivity contribution < 1.29 is 9.53 Å². The van der Waals surface area contributed by atoms with Gasteiger partial charge in [-0.15, -0.1) is 0 Å². The number of ether oxygens (including phenoxy) is 1. The van der Waals surface area contributed by atoms with Gasteiger partial charge in [0.05, 0.1) is 21.1 Å². The molecule has 1 aromatic carbocycles. The second kappa shape index (κ2) is 6.37. The summed E-state index contributed by atoms with van der Waals surface area (Å²) in [6.07, 6.45) is 0. The first kappa shape index (κ1) is 16.0. The Hall–Kier alpha value is -1.09. The van der Waals surface area contributed by atoms with Crippen molar-refractivity contribution in [1.29, 1.82) is 0 Å². The predicted molar refractivity (Wildman–Crippen MR) is 83.3 cm³/mol. The largest absolute Gasteiger partial charge is 0.469 e. The molecule has 0 saturated heterocycles. The minimum absolute atomic E-state index is 0.0492. The van der Waals surface area contributed by atoms with E-state index in [0.717, 1.165) is 0 Å². The van der Waals surface area contributed by atoms with Gasteiger partial charge in [-0.05, 0) is 11.5 Å². The van der Waals surface area contributed by atoms with Crippen LogP contribution < -0.4 is 5.19 Å². The van der Waals surface area contributed by atoms with Gasteiger partial charge in [-0.25, -0.2) is 0 Å². The van der Waals surface area contributed by atoms with E-state index in [1.807, 2.05) is 13.0 Å². The highest BCUT2D eigenvalue weighted by molar-refractivity contribution is 6.91. The normalized spacial score (nSPS) is 15.1. The smallest absolute Gasteiger partial charge is 0.308 e. The lowest BCUT2D eigenvalue weighted by molar-refractivity contribution is -0.145. The van der Waals surface area contributed by atoms with Crippen LogP contribution in [0.1, 0.15) is 20.8 Å². The van der Waals surface area contributed by atoms with Gasteiger partial charge in [0.15, 0.2) is 0 Å². The van der Waals surface area contributed by atoms with Crippen LogP contribution in [-0.4, -0.2) is 21.2 Å². The summed E-state index contributed by atoms with van der Waals surface area (Å²) >= 11 is 0. The van der Waals surface area contributed by atoms with Crippen LogP contribution in [0.5, 0.6) is 0 Å². The number of methoxy groups -OCH3 is 1. The molecule has 1 rings (SSSR count). The van der Waals surface area contributed by atoms with E-state index >= 15 is 0 Å². The molecule has 0 amide bonds. The molecule has 0 N–H and O–H groups in total. The van der Waals surface area contributed by atoms with Gasteiger partial charge < -0.3 is 4.74 Å². The molecule has 0 saturated carbocycles. The number of esters is 1. The van der Waals surface area contributed by atoms with Crippen LogP contribution in [0.4, 0.5) is 0 Å². The van der Waals surface area contributed by atoms with Crippen LogP contribution in [-0.2, 0) is 9.53 Å². The first-order valence-electron chi connectivity index (χ1n) is 6.95. The van der Waals surface area contributed by atoms with Crippen molar-refractivity contribution in [2.24, 2.45) is 11.8 Å². The van der Waals surface area contributed by atoms with Gasteiger partial charge >= 0.3 is 5.97 Å². The van der Waals surface area contributed by atoms with Crippen molar-refractivity contribution in [3.05, 3.63) is 30.3 Å². The summed E-state index contributed by atoms with van der Waals surface area (Å²) in [6, 6.07) is 10.6. The molecule has 1 aromatic rings. The fourth-order valence-corrected chi connectivity index (χ4v) is 7.92. The van der Waals surface area contributed by atoms with Gasteiger partial charge in [0.1, 0.15) is 0 Å². The molecule has 0 aliphatic rings. The van der Waals surface area contributed by atoms with Crippen LogP contribution in [0.2, 0.25) is 18.6 Å². The molecule has 0 bridgehead atoms. The third kappa shape index (κ3) is 3.47. The summed E-state index contributed by atoms with van der Waals surface area (Å²) in [6.45, 7) is 11.1. The molecular formula is C16H26O2Si. The Labute approximate surface area is 118 Å². The fourth-order valence-electron chi connectivity index (χ4n) is 3.43. The van der Waals surface area contributed by atoms with E-state index in [0.29, 0.717) is 11.5 Å². The average Bonchev–Trinajstić information content (AvgIpc) is 2.38. The van der Waals surface area contributed by atoms with Crippen LogP contribution in [0.3, 0.4) is 0 Å². The summed E-state index contributed by atoms with van der Waals surface area (Å²) in [7, 11) is -0.235. The predicted octanol–water partition coefficient (Wildman–Crippen LogP) is 3.44. The molecule has 3 heteroatoms. The summed E-state index contributed by atoms with van der Waals surface area (Å²) < 4.78 is 4.96. The number of carbonyl (C=O) groups excluding carboxylic acids is 1. The summed E-state index contributed by atoms with van der Waals surface area (Å²) in [4.78, 5) is 11.9. The van der Waals surface area contributed by atoms with Gasteiger partial charge in [0.25, 0.3) is 0 Å². The zero-order chi connectivity index (χ0) is 14.6. The Balaban J connectivity index is 3.15. The summed E-state index contributed by atoms with van der Waals surface area (Å²) in [5.74, 6) is 0.332. The standard InChI is InChI=1S/C16H26O2Si/c1-12(2)15(13(3)16(17)18-4)19(5,6)14-10-8-7-9-11-14/h7-13,15H,1-6H3/t13-,15+/m0/s1. The first-order valence-corrected chi connectivity index (χ1v) is 10.0. The molecule has 0 spiro atoms. The maximum Gasteiger partial charge on any atom is 0.308 e. The van der Waals surface area contributed by atoms with E-state index in [2.05, 4.69) is 51.2 Å². The van der Waals surface area contributed by atoms with Crippen molar-refractivity contribution >= 4 is 19.2 Å². The molecule has 19 heavy (non-hydrogen) atoms. The SMILES string of the molecule is COC(=O)[C@@H](C)[C@@H](C(C)C)[Si](C)(C)c1ccccc1. The molecule has 0 aliphatic carbocycles. The monoisotopic (exact) mass is 278 g/mol. The van der Waals surface area contributed by atoms with Crippen LogP contribution in [0.15, 0.2) is 30.3 Å². The van der Waals surface area contributed by atoms with E-state index in [4.69, 9.17) is 4.74 Å². The Morgan fingerprint density at radius 1 is 1.11 bits per heavy atom. The maximum atomic E-state index is 11.9. The van der Waals surface area contributed by atoms with Gasteiger partial charge in [-0.1, -0.05) is 69.4 Å². The van der Waals surface area contributed by atoms with Gasteiger partial charge in [-0.3, -0.25) is 4.79 Å². The zero-order valence-electron chi connectivity index (χ0n) is 12.9. The Morgan fingerprint density at radius 2 is 1.63 bits per heavy atom. The van der Waals surface area contributed by atoms with E-state index in [1.165, 1.54) is 12.3 Å². The van der Waals surface area contributed by atoms with E-state index in [9.17, 15) is 4.79 Å². The van der Waals surface area contributed by atoms with E-state index < -0.39 is 8.07 Å². The summed E-state index contributed by atoms with van der Waals surface area (Å²) in [5, 5.41) is 1.41. The first-order chi connectivity index (χ1) is 8.82. The Bertz CT molecular complexity index is 412. The van der Waals surface area contributed by atoms with Gasteiger partial charge in [0, 0.05) is 0 Å². The van der Waals surface area contributed by atoms with Crippen molar-refractivity contribution in [3.8, 4) is 0 Å². The molecule has 2 nitrogen and oxygen atoms in total. The molecule has 0 aromatic heterocycles. The molecule has 0 aliphatic heterocycles. The topological polar surface area (TPSA) is 26.3 Å². The van der Waals surface area contributed by atoms with Crippen LogP contribution in [0.25, 0.3) is 0 Å². The molecule has 0 radical (unpaired) electrons. The number of carbonyl (C=O) groups is 1. The molecule has 106 valence electrons. The highest BCUT2D eigenvalue weighted by Crippen LogP contribution is 2.37. The molecular weight excluding hydrogens is 252 g/mol. The van der Waals surface area contributed by atoms with Gasteiger partial charge in [0.2, 0.25) is 0 Å². The van der Waals surface area contributed by atoms with E-state index in [1.54, 1.807) is 0 Å². The quantitative estimate of drug-likeness (QED) is 0.609. The minimum Gasteiger partial charge on any atom is -0.469 e. The molecule has 0 unspecified atom stereocenters. The fraction of sp³-hybridized carbons (Fsp3) is 0.562. The second-order valence-electron chi connectivity index (χ2n) is 6.17. The maximum absolute atomic E-state index is 11.9. The number of rotatable bonds is 5. The lowest BCUT2D eigenvalue weighted by Gasteiger charge is -2.39. The average molecular weight is 278 g/mol. The van der Waals surface area contributed by atoms with Crippen LogP contribution >= 0.6 is 0 Å². The molecule has 0 heterocycles. The number of benzene rings is 1. The lowest BCUT2D eigenvalue weighted by Crippen LogP contribution is -2.51. The third-order valence-electron chi connectivity index (χ3n) is 4.18. The zero-order valence-corrected chi connectivity index (χ0v) is 13.9. The van der Waals surface area contributed by atoms with Crippen LogP contribution in [0, 0.1) is 11.8 Å². The van der Waals surface area contributed by atoms with Crippen molar-refractivity contribution in [2.45, 2.75) is 39.4 Å². The van der Waals surface area contributed by atoms with E-state index in [-0.39, 0.29) is 11.9 Å². The highest BCUT2D eigenvalue weighted by Gasteiger charge is 2.41. The van der Waals surface area contributed by atoms with Crippen molar-refractivity contribution in [3.63, 3.8) is 0 Å².